The summed E-state index contributed by atoms with van der Waals surface area (Å²) in [6.45, 7) is 6.21. The van der Waals surface area contributed by atoms with Crippen molar-refractivity contribution in [3.05, 3.63) is 22.2 Å². The highest BCUT2D eigenvalue weighted by Gasteiger charge is 2.20. The van der Waals surface area contributed by atoms with Gasteiger partial charge in [-0.1, -0.05) is 26.7 Å². The van der Waals surface area contributed by atoms with Crippen LogP contribution in [0.5, 0.6) is 0 Å². The number of aromatic nitrogens is 1. The van der Waals surface area contributed by atoms with E-state index in [0.717, 1.165) is 12.8 Å². The van der Waals surface area contributed by atoms with Crippen molar-refractivity contribution in [2.24, 2.45) is 11.8 Å². The molecule has 1 atom stereocenters. The van der Waals surface area contributed by atoms with Crippen molar-refractivity contribution in [1.82, 2.24) is 4.98 Å². The molecular weight excluding hydrogens is 246 g/mol. The number of rotatable bonds is 7. The van der Waals surface area contributed by atoms with Gasteiger partial charge in [0, 0.05) is 12.1 Å². The number of hydrogen-bond acceptors (Lipinski definition) is 6. The van der Waals surface area contributed by atoms with E-state index in [4.69, 9.17) is 5.84 Å². The Hall–Kier alpha value is -1.89. The molecule has 7 nitrogen and oxygen atoms in total. The fourth-order valence-electron chi connectivity index (χ4n) is 2.12. The maximum Gasteiger partial charge on any atom is 0.311 e. The molecular formula is C12H21N5O2. The van der Waals surface area contributed by atoms with Crippen LogP contribution in [0.4, 0.5) is 17.3 Å². The van der Waals surface area contributed by atoms with Crippen molar-refractivity contribution in [2.75, 3.05) is 10.7 Å². The lowest BCUT2D eigenvalue weighted by molar-refractivity contribution is -0.384. The Morgan fingerprint density at radius 1 is 1.42 bits per heavy atom. The van der Waals surface area contributed by atoms with Gasteiger partial charge < -0.3 is 10.7 Å². The molecule has 0 bridgehead atoms. The minimum atomic E-state index is -0.449. The highest BCUT2D eigenvalue weighted by Crippen LogP contribution is 2.26. The van der Waals surface area contributed by atoms with Gasteiger partial charge in [0.15, 0.2) is 0 Å². The smallest absolute Gasteiger partial charge is 0.311 e. The van der Waals surface area contributed by atoms with Gasteiger partial charge >= 0.3 is 5.69 Å². The van der Waals surface area contributed by atoms with Crippen LogP contribution in [0.3, 0.4) is 0 Å². The minimum absolute atomic E-state index is 0.0446. The summed E-state index contributed by atoms with van der Waals surface area (Å²) in [5.41, 5.74) is 2.35. The van der Waals surface area contributed by atoms with Crippen LogP contribution < -0.4 is 16.6 Å². The first kappa shape index (κ1) is 15.2. The second-order valence-corrected chi connectivity index (χ2v) is 4.48. The minimum Gasteiger partial charge on any atom is -0.362 e. The summed E-state index contributed by atoms with van der Waals surface area (Å²) in [7, 11) is 0. The zero-order valence-electron chi connectivity index (χ0n) is 11.5. The molecule has 1 heterocycles. The molecule has 4 N–H and O–H groups in total. The summed E-state index contributed by atoms with van der Waals surface area (Å²) in [4.78, 5) is 14.7. The van der Waals surface area contributed by atoms with Gasteiger partial charge in [-0.05, 0) is 18.9 Å². The SMILES string of the molecule is CCC(CC)C(C)Nc1nc(NN)ccc1[N+](=O)[O-]. The van der Waals surface area contributed by atoms with E-state index in [0.29, 0.717) is 11.7 Å². The van der Waals surface area contributed by atoms with Gasteiger partial charge in [0.05, 0.1) is 4.92 Å². The summed E-state index contributed by atoms with van der Waals surface area (Å²) < 4.78 is 0. The predicted octanol–water partition coefficient (Wildman–Crippen LogP) is 2.51. The van der Waals surface area contributed by atoms with E-state index in [1.165, 1.54) is 12.1 Å². The lowest BCUT2D eigenvalue weighted by Gasteiger charge is -2.23. The molecule has 106 valence electrons. The quantitative estimate of drug-likeness (QED) is 0.398. The lowest BCUT2D eigenvalue weighted by Crippen LogP contribution is -2.26. The lowest BCUT2D eigenvalue weighted by atomic mass is 9.95. The van der Waals surface area contributed by atoms with Crippen molar-refractivity contribution in [3.8, 4) is 0 Å². The third-order valence-corrected chi connectivity index (χ3v) is 3.34. The Morgan fingerprint density at radius 2 is 2.05 bits per heavy atom. The van der Waals surface area contributed by atoms with Crippen molar-refractivity contribution < 1.29 is 4.92 Å². The monoisotopic (exact) mass is 267 g/mol. The first-order valence-corrected chi connectivity index (χ1v) is 6.42. The van der Waals surface area contributed by atoms with Crippen LogP contribution in [0.1, 0.15) is 33.6 Å². The molecule has 0 radical (unpaired) electrons. The van der Waals surface area contributed by atoms with E-state index in [1.54, 1.807) is 0 Å². The van der Waals surface area contributed by atoms with Crippen LogP contribution in [0.2, 0.25) is 0 Å². The van der Waals surface area contributed by atoms with Crippen molar-refractivity contribution >= 4 is 17.3 Å². The maximum atomic E-state index is 11.0. The summed E-state index contributed by atoms with van der Waals surface area (Å²) in [5, 5.41) is 14.1. The second-order valence-electron chi connectivity index (χ2n) is 4.48. The van der Waals surface area contributed by atoms with E-state index in [9.17, 15) is 10.1 Å². The number of nitro groups is 1. The highest BCUT2D eigenvalue weighted by molar-refractivity contribution is 5.60. The van der Waals surface area contributed by atoms with E-state index < -0.39 is 4.92 Å². The molecule has 0 saturated carbocycles. The molecule has 0 saturated heterocycles. The summed E-state index contributed by atoms with van der Waals surface area (Å²) in [5.74, 6) is 6.36. The van der Waals surface area contributed by atoms with Gasteiger partial charge in [-0.2, -0.15) is 0 Å². The molecule has 0 amide bonds. The molecule has 0 aromatic carbocycles. The van der Waals surface area contributed by atoms with Crippen LogP contribution in [0.25, 0.3) is 0 Å². The standard InChI is InChI=1S/C12H21N5O2/c1-4-9(5-2)8(3)14-12-10(17(18)19)6-7-11(15-12)16-13/h6-9H,4-5,13H2,1-3H3,(H2,14,15,16). The molecule has 19 heavy (non-hydrogen) atoms. The topological polar surface area (TPSA) is 106 Å². The Labute approximate surface area is 112 Å². The normalized spacial score (nSPS) is 12.3. The molecule has 1 unspecified atom stereocenters. The average molecular weight is 267 g/mol. The van der Waals surface area contributed by atoms with Crippen LogP contribution in [0, 0.1) is 16.0 Å². The van der Waals surface area contributed by atoms with Crippen LogP contribution in [0.15, 0.2) is 12.1 Å². The van der Waals surface area contributed by atoms with Crippen molar-refractivity contribution in [1.29, 1.82) is 0 Å². The molecule has 0 spiro atoms. The number of anilines is 2. The van der Waals surface area contributed by atoms with Crippen molar-refractivity contribution in [3.63, 3.8) is 0 Å². The summed E-state index contributed by atoms with van der Waals surface area (Å²) in [6.07, 6.45) is 2.01. The fourth-order valence-corrected chi connectivity index (χ4v) is 2.12. The van der Waals surface area contributed by atoms with E-state index in [-0.39, 0.29) is 17.5 Å². The zero-order chi connectivity index (χ0) is 14.4. The third kappa shape index (κ3) is 3.78. The van der Waals surface area contributed by atoms with Gasteiger partial charge in [0.1, 0.15) is 5.82 Å². The van der Waals surface area contributed by atoms with E-state index in [1.807, 2.05) is 6.92 Å². The summed E-state index contributed by atoms with van der Waals surface area (Å²) in [6, 6.07) is 2.98. The molecule has 0 fully saturated rings. The van der Waals surface area contributed by atoms with Crippen LogP contribution in [-0.4, -0.2) is 15.9 Å². The van der Waals surface area contributed by atoms with Crippen LogP contribution >= 0.6 is 0 Å². The molecule has 0 aliphatic carbocycles. The molecule has 7 heteroatoms. The highest BCUT2D eigenvalue weighted by atomic mass is 16.6. The molecule has 1 aromatic heterocycles. The number of nitrogen functional groups attached to an aromatic ring is 1. The second kappa shape index (κ2) is 6.89. The fraction of sp³-hybridized carbons (Fsp3) is 0.583. The van der Waals surface area contributed by atoms with Crippen molar-refractivity contribution in [2.45, 2.75) is 39.7 Å². The number of nitrogens with zero attached hydrogens (tertiary/aromatic N) is 2. The zero-order valence-corrected chi connectivity index (χ0v) is 11.5. The first-order chi connectivity index (χ1) is 9.03. The van der Waals surface area contributed by atoms with Gasteiger partial charge in [0.2, 0.25) is 5.82 Å². The maximum absolute atomic E-state index is 11.0. The molecule has 1 aromatic rings. The Kier molecular flexibility index (Phi) is 5.50. The van der Waals surface area contributed by atoms with E-state index >= 15 is 0 Å². The summed E-state index contributed by atoms with van der Waals surface area (Å²) >= 11 is 0. The Bertz CT molecular complexity index is 434. The third-order valence-electron chi connectivity index (χ3n) is 3.34. The average Bonchev–Trinajstić information content (AvgIpc) is 2.39. The Morgan fingerprint density at radius 3 is 2.53 bits per heavy atom. The molecule has 0 aliphatic rings. The molecule has 1 rings (SSSR count). The predicted molar refractivity (Wildman–Crippen MR) is 75.9 cm³/mol. The number of hydrazine groups is 1. The number of hydrogen-bond donors (Lipinski definition) is 3. The van der Waals surface area contributed by atoms with Gasteiger partial charge in [-0.3, -0.25) is 10.1 Å². The van der Waals surface area contributed by atoms with Gasteiger partial charge in [-0.15, -0.1) is 0 Å². The number of nitrogens with one attached hydrogen (secondary N) is 2. The first-order valence-electron chi connectivity index (χ1n) is 6.42. The number of nitrogens with two attached hydrogens (primary N) is 1. The van der Waals surface area contributed by atoms with Crippen LogP contribution in [-0.2, 0) is 0 Å². The van der Waals surface area contributed by atoms with Gasteiger partial charge in [-0.25, -0.2) is 10.8 Å². The Balaban J connectivity index is 3.00. The largest absolute Gasteiger partial charge is 0.362 e. The van der Waals surface area contributed by atoms with E-state index in [2.05, 4.69) is 29.6 Å². The van der Waals surface area contributed by atoms with Gasteiger partial charge in [0.25, 0.3) is 0 Å². The number of pyridine rings is 1. The molecule has 0 aliphatic heterocycles.